The molecule has 3 nitrogen and oxygen atoms in total. The number of ether oxygens (including phenoxy) is 1. The summed E-state index contributed by atoms with van der Waals surface area (Å²) in [6, 6.07) is 13.2. The smallest absolute Gasteiger partial charge is 0.142 e. The van der Waals surface area contributed by atoms with Crippen molar-refractivity contribution in [3.8, 4) is 5.75 Å². The maximum Gasteiger partial charge on any atom is 0.142 e. The monoisotopic (exact) mass is 548 g/mol. The number of benzene rings is 2. The summed E-state index contributed by atoms with van der Waals surface area (Å²) in [6.07, 6.45) is 11.6. The number of nitrogens with one attached hydrogen (secondary N) is 1. The standard InChI is InChI=1S/C35H49ClN2O/c1-6-24(2)9-7-10-25(3)31-15-12-29(31)21-38-22-35(18-8-11-28-19-30(36)14-16-32(28)35)23-39-34-17-13-27(20-33(34)38)26(4)37-5/h13-14,16-17,19-20,24-25,29,31,37H,4,6-12,15,18,21-23H2,1-3,5H3/t24?,25-,29?,31?,35+/m1/s1. The Morgan fingerprint density at radius 2 is 2.03 bits per heavy atom. The quantitative estimate of drug-likeness (QED) is 0.321. The molecule has 1 saturated carbocycles. The van der Waals surface area contributed by atoms with Gasteiger partial charge < -0.3 is 15.0 Å². The van der Waals surface area contributed by atoms with Gasteiger partial charge in [0.25, 0.3) is 0 Å². The van der Waals surface area contributed by atoms with Gasteiger partial charge in [0, 0.05) is 36.3 Å². The van der Waals surface area contributed by atoms with Crippen LogP contribution in [0.5, 0.6) is 5.75 Å². The fraction of sp³-hybridized carbons (Fsp3) is 0.600. The minimum absolute atomic E-state index is 0.0154. The van der Waals surface area contributed by atoms with E-state index < -0.39 is 0 Å². The van der Waals surface area contributed by atoms with Crippen LogP contribution in [0.1, 0.15) is 88.8 Å². The van der Waals surface area contributed by atoms with Gasteiger partial charge in [0.2, 0.25) is 0 Å². The van der Waals surface area contributed by atoms with Crippen molar-refractivity contribution in [2.24, 2.45) is 23.7 Å². The highest BCUT2D eigenvalue weighted by Gasteiger charge is 2.43. The highest BCUT2D eigenvalue weighted by molar-refractivity contribution is 6.30. The zero-order chi connectivity index (χ0) is 27.6. The van der Waals surface area contributed by atoms with Gasteiger partial charge in [-0.2, -0.15) is 0 Å². The summed E-state index contributed by atoms with van der Waals surface area (Å²) in [7, 11) is 1.95. The van der Waals surface area contributed by atoms with Crippen molar-refractivity contribution in [1.82, 2.24) is 5.32 Å². The predicted octanol–water partition coefficient (Wildman–Crippen LogP) is 8.88. The van der Waals surface area contributed by atoms with E-state index in [1.165, 1.54) is 61.8 Å². The Labute approximate surface area is 242 Å². The van der Waals surface area contributed by atoms with Gasteiger partial charge in [-0.1, -0.05) is 70.7 Å². The van der Waals surface area contributed by atoms with Gasteiger partial charge in [-0.05, 0) is 103 Å². The van der Waals surface area contributed by atoms with Crippen LogP contribution in [0, 0.1) is 23.7 Å². The molecule has 3 aliphatic rings. The number of hydrogen-bond donors (Lipinski definition) is 1. The SMILES string of the molecule is C=C(NC)c1ccc2c(c1)N(CC1CCC1[C@H](C)CCCC(C)CC)C[C@@]1(CCCc3cc(Cl)ccc31)CO2. The summed E-state index contributed by atoms with van der Waals surface area (Å²) >= 11 is 6.45. The highest BCUT2D eigenvalue weighted by Crippen LogP contribution is 2.48. The fourth-order valence-corrected chi connectivity index (χ4v) is 7.70. The van der Waals surface area contributed by atoms with E-state index >= 15 is 0 Å². The van der Waals surface area contributed by atoms with Crippen molar-refractivity contribution in [1.29, 1.82) is 0 Å². The second kappa shape index (κ2) is 12.2. The first-order valence-electron chi connectivity index (χ1n) is 15.5. The topological polar surface area (TPSA) is 24.5 Å². The molecule has 1 fully saturated rings. The fourth-order valence-electron chi connectivity index (χ4n) is 7.51. The molecule has 39 heavy (non-hydrogen) atoms. The van der Waals surface area contributed by atoms with Crippen LogP contribution in [0.2, 0.25) is 5.02 Å². The second-order valence-corrected chi connectivity index (χ2v) is 13.4. The molecule has 2 aromatic carbocycles. The molecule has 0 radical (unpaired) electrons. The summed E-state index contributed by atoms with van der Waals surface area (Å²) < 4.78 is 6.70. The van der Waals surface area contributed by atoms with Gasteiger partial charge in [0.15, 0.2) is 0 Å². The number of anilines is 1. The van der Waals surface area contributed by atoms with Gasteiger partial charge in [0.05, 0.1) is 12.3 Å². The third-order valence-corrected chi connectivity index (χ3v) is 10.6. The summed E-state index contributed by atoms with van der Waals surface area (Å²) in [4.78, 5) is 2.70. The molecule has 0 saturated heterocycles. The van der Waals surface area contributed by atoms with Crippen LogP contribution in [-0.2, 0) is 11.8 Å². The lowest BCUT2D eigenvalue weighted by Crippen LogP contribution is -2.49. The number of halogens is 1. The first-order valence-corrected chi connectivity index (χ1v) is 15.9. The molecule has 4 heteroatoms. The summed E-state index contributed by atoms with van der Waals surface area (Å²) in [6.45, 7) is 14.3. The molecular weight excluding hydrogens is 500 g/mol. The molecule has 212 valence electrons. The zero-order valence-electron chi connectivity index (χ0n) is 24.7. The van der Waals surface area contributed by atoms with Gasteiger partial charge in [0.1, 0.15) is 5.75 Å². The van der Waals surface area contributed by atoms with Gasteiger partial charge >= 0.3 is 0 Å². The van der Waals surface area contributed by atoms with Crippen LogP contribution in [-0.4, -0.2) is 26.7 Å². The maximum atomic E-state index is 6.70. The Balaban J connectivity index is 1.42. The van der Waals surface area contributed by atoms with Crippen molar-refractivity contribution < 1.29 is 4.74 Å². The van der Waals surface area contributed by atoms with Crippen molar-refractivity contribution in [2.75, 3.05) is 31.6 Å². The lowest BCUT2D eigenvalue weighted by molar-refractivity contribution is 0.108. The molecule has 0 aromatic heterocycles. The van der Waals surface area contributed by atoms with Crippen LogP contribution in [0.3, 0.4) is 0 Å². The van der Waals surface area contributed by atoms with E-state index in [1.807, 2.05) is 7.05 Å². The van der Waals surface area contributed by atoms with E-state index in [0.717, 1.165) is 78.2 Å². The predicted molar refractivity (Wildman–Crippen MR) is 167 cm³/mol. The molecule has 1 N–H and O–H groups in total. The molecule has 0 amide bonds. The van der Waals surface area contributed by atoms with Crippen LogP contribution >= 0.6 is 11.6 Å². The number of hydrogen-bond acceptors (Lipinski definition) is 3. The molecule has 5 rings (SSSR count). The second-order valence-electron chi connectivity index (χ2n) is 12.9. The van der Waals surface area contributed by atoms with Gasteiger partial charge in [-0.25, -0.2) is 0 Å². The van der Waals surface area contributed by atoms with E-state index in [1.54, 1.807) is 0 Å². The Morgan fingerprint density at radius 3 is 2.77 bits per heavy atom. The summed E-state index contributed by atoms with van der Waals surface area (Å²) in [5.41, 5.74) is 6.16. The Bertz CT molecular complexity index is 1160. The van der Waals surface area contributed by atoms with Crippen molar-refractivity contribution >= 4 is 23.0 Å². The molecule has 5 atom stereocenters. The van der Waals surface area contributed by atoms with Gasteiger partial charge in [-0.3, -0.25) is 0 Å². The maximum absolute atomic E-state index is 6.70. The van der Waals surface area contributed by atoms with Crippen molar-refractivity contribution in [3.63, 3.8) is 0 Å². The summed E-state index contributed by atoms with van der Waals surface area (Å²) in [5.74, 6) is 4.25. The average Bonchev–Trinajstić information content (AvgIpc) is 3.07. The van der Waals surface area contributed by atoms with Crippen LogP contribution < -0.4 is 15.0 Å². The molecule has 1 aliphatic heterocycles. The van der Waals surface area contributed by atoms with E-state index in [4.69, 9.17) is 16.3 Å². The lowest BCUT2D eigenvalue weighted by Gasteiger charge is -2.46. The van der Waals surface area contributed by atoms with Crippen molar-refractivity contribution in [2.45, 2.75) is 84.0 Å². The van der Waals surface area contributed by atoms with Crippen LogP contribution in [0.15, 0.2) is 43.0 Å². The first-order chi connectivity index (χ1) is 18.8. The normalized spacial score (nSPS) is 25.5. The highest BCUT2D eigenvalue weighted by atomic mass is 35.5. The molecule has 0 bridgehead atoms. The van der Waals surface area contributed by atoms with Crippen LogP contribution in [0.25, 0.3) is 5.70 Å². The summed E-state index contributed by atoms with van der Waals surface area (Å²) in [5, 5.41) is 4.09. The average molecular weight is 549 g/mol. The Kier molecular flexibility index (Phi) is 8.86. The van der Waals surface area contributed by atoms with E-state index in [-0.39, 0.29) is 5.41 Å². The molecular formula is C35H49ClN2O. The molecule has 2 aliphatic carbocycles. The van der Waals surface area contributed by atoms with Gasteiger partial charge in [-0.15, -0.1) is 0 Å². The minimum atomic E-state index is -0.0154. The zero-order valence-corrected chi connectivity index (χ0v) is 25.5. The van der Waals surface area contributed by atoms with E-state index in [0.29, 0.717) is 0 Å². The molecule has 1 spiro atoms. The van der Waals surface area contributed by atoms with Crippen LogP contribution in [0.4, 0.5) is 5.69 Å². The molecule has 3 unspecified atom stereocenters. The lowest BCUT2D eigenvalue weighted by atomic mass is 9.65. The third kappa shape index (κ3) is 5.99. The Hall–Kier alpha value is -2.13. The molecule has 2 aromatic rings. The minimum Gasteiger partial charge on any atom is -0.490 e. The van der Waals surface area contributed by atoms with E-state index in [2.05, 4.69) is 74.0 Å². The van der Waals surface area contributed by atoms with E-state index in [9.17, 15) is 0 Å². The Morgan fingerprint density at radius 1 is 1.18 bits per heavy atom. The molecule has 1 heterocycles. The largest absolute Gasteiger partial charge is 0.490 e. The third-order valence-electron chi connectivity index (χ3n) is 10.4. The number of fused-ring (bicyclic) bond motifs is 3. The number of nitrogens with zero attached hydrogens (tertiary/aromatic N) is 1. The number of rotatable bonds is 10. The first kappa shape index (κ1) is 28.4. The number of aryl methyl sites for hydroxylation is 1. The van der Waals surface area contributed by atoms with Crippen molar-refractivity contribution in [3.05, 3.63) is 64.7 Å².